The Balaban J connectivity index is 1.80. The average Bonchev–Trinajstić information content (AvgIpc) is 2.89. The predicted octanol–water partition coefficient (Wildman–Crippen LogP) is 2.24. The van der Waals surface area contributed by atoms with Crippen LogP contribution >= 0.6 is 11.8 Å². The van der Waals surface area contributed by atoms with Crippen LogP contribution in [0.15, 0.2) is 22.6 Å². The second kappa shape index (κ2) is 6.44. The summed E-state index contributed by atoms with van der Waals surface area (Å²) in [6, 6.07) is 0.847. The van der Waals surface area contributed by atoms with E-state index in [4.69, 9.17) is 0 Å². The van der Waals surface area contributed by atoms with Crippen LogP contribution in [0.3, 0.4) is 0 Å². The number of piperidine rings is 1. The number of rotatable bonds is 3. The van der Waals surface area contributed by atoms with Crippen molar-refractivity contribution in [1.82, 2.24) is 30.0 Å². The van der Waals surface area contributed by atoms with Gasteiger partial charge >= 0.3 is 6.18 Å². The largest absolute Gasteiger partial charge is 0.433 e. The van der Waals surface area contributed by atoms with Gasteiger partial charge in [0.1, 0.15) is 11.5 Å². The fraction of sp³-hybridized carbons (Fsp3) is 0.538. The highest BCUT2D eigenvalue weighted by atomic mass is 32.2. The van der Waals surface area contributed by atoms with Gasteiger partial charge in [-0.25, -0.2) is 9.97 Å². The van der Waals surface area contributed by atoms with Crippen LogP contribution in [-0.4, -0.2) is 37.8 Å². The first-order valence-corrected chi connectivity index (χ1v) is 7.95. The Hall–Kier alpha value is -1.68. The Bertz CT molecular complexity index is 681. The molecular formula is C13H15F3N6S. The van der Waals surface area contributed by atoms with Crippen LogP contribution < -0.4 is 5.32 Å². The lowest BCUT2D eigenvalue weighted by molar-refractivity contribution is -0.141. The van der Waals surface area contributed by atoms with Crippen molar-refractivity contribution in [3.8, 4) is 0 Å². The lowest BCUT2D eigenvalue weighted by atomic mass is 9.99. The smallest absolute Gasteiger partial charge is 0.316 e. The molecule has 1 atom stereocenters. The molecule has 0 radical (unpaired) electrons. The van der Waals surface area contributed by atoms with Gasteiger partial charge < -0.3 is 9.88 Å². The van der Waals surface area contributed by atoms with Gasteiger partial charge in [-0.1, -0.05) is 0 Å². The van der Waals surface area contributed by atoms with Crippen molar-refractivity contribution >= 4 is 11.8 Å². The van der Waals surface area contributed by atoms with E-state index in [0.717, 1.165) is 55.8 Å². The van der Waals surface area contributed by atoms with Gasteiger partial charge in [0, 0.05) is 25.7 Å². The first-order chi connectivity index (χ1) is 10.9. The van der Waals surface area contributed by atoms with Gasteiger partial charge in [-0.05, 0) is 37.2 Å². The zero-order valence-electron chi connectivity index (χ0n) is 12.3. The van der Waals surface area contributed by atoms with Crippen molar-refractivity contribution in [2.75, 3.05) is 13.1 Å². The Morgan fingerprint density at radius 1 is 1.35 bits per heavy atom. The summed E-state index contributed by atoms with van der Waals surface area (Å²) >= 11 is 0.976. The molecule has 2 aromatic rings. The molecule has 1 N–H and O–H groups in total. The molecule has 23 heavy (non-hydrogen) atoms. The summed E-state index contributed by atoms with van der Waals surface area (Å²) in [6.07, 6.45) is -1.31. The van der Waals surface area contributed by atoms with E-state index in [1.807, 2.05) is 0 Å². The van der Waals surface area contributed by atoms with Gasteiger partial charge in [0.05, 0.1) is 0 Å². The van der Waals surface area contributed by atoms with Crippen molar-refractivity contribution < 1.29 is 13.2 Å². The molecule has 2 aromatic heterocycles. The second-order valence-corrected chi connectivity index (χ2v) is 6.20. The van der Waals surface area contributed by atoms with Gasteiger partial charge in [-0.3, -0.25) is 0 Å². The molecule has 3 rings (SSSR count). The molecular weight excluding hydrogens is 329 g/mol. The van der Waals surface area contributed by atoms with Crippen molar-refractivity contribution in [3.05, 3.63) is 23.8 Å². The quantitative estimate of drug-likeness (QED) is 0.862. The van der Waals surface area contributed by atoms with Crippen LogP contribution in [-0.2, 0) is 13.2 Å². The highest BCUT2D eigenvalue weighted by molar-refractivity contribution is 7.99. The van der Waals surface area contributed by atoms with Crippen LogP contribution in [0.5, 0.6) is 0 Å². The van der Waals surface area contributed by atoms with Crippen LogP contribution in [0, 0.1) is 0 Å². The molecule has 1 unspecified atom stereocenters. The average molecular weight is 344 g/mol. The highest BCUT2D eigenvalue weighted by Gasteiger charge is 2.33. The minimum Gasteiger partial charge on any atom is -0.316 e. The molecule has 0 spiro atoms. The summed E-state index contributed by atoms with van der Waals surface area (Å²) in [6.45, 7) is 1.82. The fourth-order valence-electron chi connectivity index (χ4n) is 2.47. The molecule has 0 amide bonds. The molecule has 10 heteroatoms. The van der Waals surface area contributed by atoms with Crippen molar-refractivity contribution in [2.24, 2.45) is 7.05 Å². The van der Waals surface area contributed by atoms with Gasteiger partial charge in [-0.2, -0.15) is 13.2 Å². The van der Waals surface area contributed by atoms with Crippen molar-refractivity contribution in [2.45, 2.75) is 35.2 Å². The lowest BCUT2D eigenvalue weighted by Crippen LogP contribution is -2.29. The molecule has 0 aromatic carbocycles. The number of hydrogen-bond acceptors (Lipinski definition) is 6. The number of halogens is 3. The zero-order chi connectivity index (χ0) is 16.4. The molecule has 6 nitrogen and oxygen atoms in total. The molecule has 124 valence electrons. The number of alkyl halides is 3. The monoisotopic (exact) mass is 344 g/mol. The first kappa shape index (κ1) is 16.2. The molecule has 0 aliphatic carbocycles. The van der Waals surface area contributed by atoms with E-state index >= 15 is 0 Å². The third-order valence-corrected chi connectivity index (χ3v) is 4.55. The first-order valence-electron chi connectivity index (χ1n) is 7.13. The van der Waals surface area contributed by atoms with Gasteiger partial charge in [-0.15, -0.1) is 10.2 Å². The van der Waals surface area contributed by atoms with Crippen LogP contribution in [0.4, 0.5) is 13.2 Å². The molecule has 1 aliphatic heterocycles. The SMILES string of the molecule is Cn1c(Sc2nccc(C(F)(F)F)n2)nnc1C1CCCNC1. The van der Waals surface area contributed by atoms with Gasteiger partial charge in [0.2, 0.25) is 0 Å². The summed E-state index contributed by atoms with van der Waals surface area (Å²) in [7, 11) is 1.81. The Labute approximate surface area is 134 Å². The van der Waals surface area contributed by atoms with E-state index < -0.39 is 11.9 Å². The Morgan fingerprint density at radius 3 is 2.87 bits per heavy atom. The molecule has 0 saturated carbocycles. The third kappa shape index (κ3) is 3.63. The second-order valence-electron chi connectivity index (χ2n) is 5.27. The van der Waals surface area contributed by atoms with E-state index in [1.165, 1.54) is 0 Å². The van der Waals surface area contributed by atoms with Crippen LogP contribution in [0.25, 0.3) is 0 Å². The van der Waals surface area contributed by atoms with E-state index in [1.54, 1.807) is 11.6 Å². The molecule has 0 bridgehead atoms. The molecule has 1 saturated heterocycles. The standard InChI is InChI=1S/C13H15F3N6S/c1-22-10(8-3-2-5-17-7-8)20-21-12(22)23-11-18-6-4-9(19-11)13(14,15)16/h4,6,8,17H,2-3,5,7H2,1H3. The topological polar surface area (TPSA) is 68.5 Å². The van der Waals surface area contributed by atoms with Crippen LogP contribution in [0.2, 0.25) is 0 Å². The van der Waals surface area contributed by atoms with Crippen LogP contribution in [0.1, 0.15) is 30.3 Å². The maximum absolute atomic E-state index is 12.7. The Morgan fingerprint density at radius 2 is 2.17 bits per heavy atom. The molecule has 3 heterocycles. The normalized spacial score (nSPS) is 19.0. The molecule has 1 fully saturated rings. The lowest BCUT2D eigenvalue weighted by Gasteiger charge is -2.21. The summed E-state index contributed by atoms with van der Waals surface area (Å²) in [5.74, 6) is 1.09. The summed E-state index contributed by atoms with van der Waals surface area (Å²) < 4.78 is 39.9. The van der Waals surface area contributed by atoms with Gasteiger partial charge in [0.25, 0.3) is 0 Å². The van der Waals surface area contributed by atoms with E-state index in [9.17, 15) is 13.2 Å². The fourth-order valence-corrected chi connectivity index (χ4v) is 3.21. The van der Waals surface area contributed by atoms with Gasteiger partial charge in [0.15, 0.2) is 10.3 Å². The number of hydrogen-bond donors (Lipinski definition) is 1. The van der Waals surface area contributed by atoms with E-state index in [0.29, 0.717) is 5.16 Å². The summed E-state index contributed by atoms with van der Waals surface area (Å²) in [4.78, 5) is 7.41. The molecule has 1 aliphatic rings. The van der Waals surface area contributed by atoms with E-state index in [2.05, 4.69) is 25.5 Å². The Kier molecular flexibility index (Phi) is 4.53. The summed E-state index contributed by atoms with van der Waals surface area (Å²) in [5.41, 5.74) is -0.964. The van der Waals surface area contributed by atoms with Crippen molar-refractivity contribution in [3.63, 3.8) is 0 Å². The zero-order valence-corrected chi connectivity index (χ0v) is 13.2. The minimum absolute atomic E-state index is 0.00337. The predicted molar refractivity (Wildman–Crippen MR) is 77.0 cm³/mol. The van der Waals surface area contributed by atoms with E-state index in [-0.39, 0.29) is 11.1 Å². The third-order valence-electron chi connectivity index (χ3n) is 3.64. The summed E-state index contributed by atoms with van der Waals surface area (Å²) in [5, 5.41) is 12.0. The maximum atomic E-state index is 12.7. The number of aromatic nitrogens is 5. The number of nitrogens with zero attached hydrogens (tertiary/aromatic N) is 5. The number of nitrogens with one attached hydrogen (secondary N) is 1. The maximum Gasteiger partial charge on any atom is 0.433 e. The van der Waals surface area contributed by atoms with Crippen molar-refractivity contribution in [1.29, 1.82) is 0 Å². The minimum atomic E-state index is -4.49. The highest BCUT2D eigenvalue weighted by Crippen LogP contribution is 2.31.